The van der Waals surface area contributed by atoms with Crippen molar-refractivity contribution in [1.29, 1.82) is 0 Å². The Hall–Kier alpha value is -2.23. The smallest absolute Gasteiger partial charge is 0.272 e. The van der Waals surface area contributed by atoms with Crippen LogP contribution in [0.1, 0.15) is 45.7 Å². The first kappa shape index (κ1) is 22.1. The van der Waals surface area contributed by atoms with Crippen molar-refractivity contribution in [3.05, 3.63) is 35.5 Å². The van der Waals surface area contributed by atoms with Gasteiger partial charge in [-0.15, -0.1) is 11.8 Å². The first-order valence-corrected chi connectivity index (χ1v) is 10.3. The lowest BCUT2D eigenvalue weighted by molar-refractivity contribution is -0.125. The van der Waals surface area contributed by atoms with Gasteiger partial charge in [0.15, 0.2) is 0 Å². The topological polar surface area (TPSA) is 71.5 Å². The highest BCUT2D eigenvalue weighted by Gasteiger charge is 2.24. The van der Waals surface area contributed by atoms with Crippen LogP contribution >= 0.6 is 11.8 Å². The summed E-state index contributed by atoms with van der Waals surface area (Å²) >= 11 is 1.34. The third kappa shape index (κ3) is 6.43. The van der Waals surface area contributed by atoms with Crippen LogP contribution in [0.2, 0.25) is 0 Å². The normalized spacial score (nSPS) is 12.9. The molecule has 0 radical (unpaired) electrons. The third-order valence-corrected chi connectivity index (χ3v) is 4.37. The minimum Gasteiger partial charge on any atom is -0.470 e. The van der Waals surface area contributed by atoms with Gasteiger partial charge in [0.05, 0.1) is 5.52 Å². The summed E-state index contributed by atoms with van der Waals surface area (Å²) in [6.07, 6.45) is 3.53. The van der Waals surface area contributed by atoms with E-state index in [0.29, 0.717) is 11.3 Å². The second kappa shape index (κ2) is 8.42. The van der Waals surface area contributed by atoms with Crippen molar-refractivity contribution in [1.82, 2.24) is 10.3 Å². The Balaban J connectivity index is 2.34. The molecule has 1 atom stereocenters. The highest BCUT2D eigenvalue weighted by Crippen LogP contribution is 2.26. The molecule has 0 bridgehead atoms. The molecule has 2 N–H and O–H groups in total. The molecule has 28 heavy (non-hydrogen) atoms. The van der Waals surface area contributed by atoms with E-state index in [-0.39, 0.29) is 11.4 Å². The monoisotopic (exact) mass is 400 g/mol. The molecule has 0 aliphatic rings. The Morgan fingerprint density at radius 1 is 1.25 bits per heavy atom. The number of pyridine rings is 1. The number of carbonyl (C=O) groups is 1. The summed E-state index contributed by atoms with van der Waals surface area (Å²) in [7, 11) is 0. The molecular weight excluding hydrogens is 372 g/mol. The van der Waals surface area contributed by atoms with Gasteiger partial charge in [0.1, 0.15) is 11.4 Å². The Labute approximate surface area is 171 Å². The van der Waals surface area contributed by atoms with Gasteiger partial charge in [-0.3, -0.25) is 9.78 Å². The number of aryl methyl sites for hydroxylation is 1. The number of hydrogen-bond acceptors (Lipinski definition) is 5. The van der Waals surface area contributed by atoms with Gasteiger partial charge in [-0.1, -0.05) is 11.8 Å². The van der Waals surface area contributed by atoms with Crippen molar-refractivity contribution in [3.8, 4) is 17.6 Å². The fraction of sp³-hybridized carbons (Fsp3) is 0.455. The van der Waals surface area contributed by atoms with E-state index in [9.17, 15) is 9.90 Å². The standard InChI is InChI=1S/C22H28N2O3S/c1-14-10-17(27-20(28-7)19(25)24-21(2,3)4)12-16-11-15(13-23-18(14)16)8-9-22(5,6)26/h10-13,20,26H,1-7H3,(H,24,25). The zero-order chi connectivity index (χ0) is 21.1. The molecule has 0 aliphatic heterocycles. The first-order chi connectivity index (χ1) is 12.9. The largest absolute Gasteiger partial charge is 0.470 e. The molecule has 0 saturated heterocycles. The van der Waals surface area contributed by atoms with Gasteiger partial charge < -0.3 is 15.2 Å². The number of hydrogen-bond donors (Lipinski definition) is 2. The van der Waals surface area contributed by atoms with E-state index < -0.39 is 11.0 Å². The molecule has 6 heteroatoms. The van der Waals surface area contributed by atoms with Crippen LogP contribution in [0.25, 0.3) is 10.9 Å². The van der Waals surface area contributed by atoms with Gasteiger partial charge >= 0.3 is 0 Å². The summed E-state index contributed by atoms with van der Waals surface area (Å²) in [4.78, 5) is 16.9. The highest BCUT2D eigenvalue weighted by molar-refractivity contribution is 7.99. The third-order valence-electron chi connectivity index (χ3n) is 3.63. The van der Waals surface area contributed by atoms with Gasteiger partial charge in [0.2, 0.25) is 5.44 Å². The predicted octanol–water partition coefficient (Wildman–Crippen LogP) is 3.65. The zero-order valence-corrected chi connectivity index (χ0v) is 18.3. The number of fused-ring (bicyclic) bond motifs is 1. The molecule has 1 aromatic carbocycles. The number of nitrogens with one attached hydrogen (secondary N) is 1. The lowest BCUT2D eigenvalue weighted by atomic mass is 10.1. The first-order valence-electron chi connectivity index (χ1n) is 9.05. The van der Waals surface area contributed by atoms with Crippen molar-refractivity contribution in [2.24, 2.45) is 0 Å². The summed E-state index contributed by atoms with van der Waals surface area (Å²) in [5, 5.41) is 13.6. The van der Waals surface area contributed by atoms with E-state index in [2.05, 4.69) is 22.1 Å². The van der Waals surface area contributed by atoms with Crippen LogP contribution in [0.15, 0.2) is 24.4 Å². The summed E-state index contributed by atoms with van der Waals surface area (Å²) in [5.41, 5.74) is 0.458. The predicted molar refractivity (Wildman–Crippen MR) is 115 cm³/mol. The number of rotatable bonds is 4. The van der Waals surface area contributed by atoms with Gasteiger partial charge in [-0.2, -0.15) is 0 Å². The molecule has 150 valence electrons. The molecule has 0 aliphatic carbocycles. The van der Waals surface area contributed by atoms with Crippen LogP contribution in [0, 0.1) is 18.8 Å². The van der Waals surface area contributed by atoms with Crippen LogP contribution in [-0.2, 0) is 4.79 Å². The van der Waals surface area contributed by atoms with E-state index in [4.69, 9.17) is 4.74 Å². The summed E-state index contributed by atoms with van der Waals surface area (Å²) in [6.45, 7) is 11.0. The molecule has 1 unspecified atom stereocenters. The van der Waals surface area contributed by atoms with Crippen molar-refractivity contribution >= 4 is 28.6 Å². The maximum absolute atomic E-state index is 12.5. The number of amides is 1. The molecule has 2 aromatic rings. The van der Waals surface area contributed by atoms with Crippen LogP contribution < -0.4 is 10.1 Å². The molecule has 0 saturated carbocycles. The van der Waals surface area contributed by atoms with Crippen molar-refractivity contribution in [2.75, 3.05) is 6.26 Å². The number of benzene rings is 1. The Morgan fingerprint density at radius 2 is 1.93 bits per heavy atom. The van der Waals surface area contributed by atoms with Gasteiger partial charge in [-0.25, -0.2) is 0 Å². The minimum atomic E-state index is -1.07. The van der Waals surface area contributed by atoms with Gasteiger partial charge in [-0.05, 0) is 71.6 Å². The van der Waals surface area contributed by atoms with E-state index in [1.54, 1.807) is 20.0 Å². The average Bonchev–Trinajstić information content (AvgIpc) is 2.55. The van der Waals surface area contributed by atoms with E-state index in [1.807, 2.05) is 52.1 Å². The van der Waals surface area contributed by atoms with E-state index in [1.165, 1.54) is 11.8 Å². The van der Waals surface area contributed by atoms with Crippen LogP contribution in [0.3, 0.4) is 0 Å². The van der Waals surface area contributed by atoms with Gasteiger partial charge in [0, 0.05) is 22.7 Å². The number of carbonyl (C=O) groups excluding carboxylic acids is 1. The SMILES string of the molecule is CSC(Oc1cc(C)c2ncc(C#CC(C)(C)O)cc2c1)C(=O)NC(C)(C)C. The number of thioether (sulfide) groups is 1. The van der Waals surface area contributed by atoms with Crippen molar-refractivity contribution in [3.63, 3.8) is 0 Å². The second-order valence-corrected chi connectivity index (χ2v) is 9.17. The second-order valence-electron chi connectivity index (χ2n) is 8.27. The Kier molecular flexibility index (Phi) is 6.63. The highest BCUT2D eigenvalue weighted by atomic mass is 32.2. The number of ether oxygens (including phenoxy) is 1. The lowest BCUT2D eigenvalue weighted by Gasteiger charge is -2.24. The summed E-state index contributed by atoms with van der Waals surface area (Å²) in [5.74, 6) is 6.16. The van der Waals surface area contributed by atoms with Crippen LogP contribution in [-0.4, -0.2) is 38.8 Å². The fourth-order valence-corrected chi connectivity index (χ4v) is 3.00. The quantitative estimate of drug-likeness (QED) is 0.606. The molecule has 5 nitrogen and oxygen atoms in total. The van der Waals surface area contributed by atoms with E-state index in [0.717, 1.165) is 16.5 Å². The molecule has 1 amide bonds. The molecule has 0 spiro atoms. The van der Waals surface area contributed by atoms with Crippen molar-refractivity contribution in [2.45, 2.75) is 58.1 Å². The molecule has 0 fully saturated rings. The zero-order valence-electron chi connectivity index (χ0n) is 17.5. The minimum absolute atomic E-state index is 0.166. The van der Waals surface area contributed by atoms with E-state index >= 15 is 0 Å². The van der Waals surface area contributed by atoms with Gasteiger partial charge in [0.25, 0.3) is 5.91 Å². The van der Waals surface area contributed by atoms with Crippen LogP contribution in [0.5, 0.6) is 5.75 Å². The number of nitrogens with zero attached hydrogens (tertiary/aromatic N) is 1. The Bertz CT molecular complexity index is 931. The fourth-order valence-electron chi connectivity index (χ4n) is 2.52. The molecule has 1 heterocycles. The van der Waals surface area contributed by atoms with Crippen LogP contribution in [0.4, 0.5) is 0 Å². The molecular formula is C22H28N2O3S. The maximum atomic E-state index is 12.5. The van der Waals surface area contributed by atoms with Crippen molar-refractivity contribution < 1.29 is 14.6 Å². The summed E-state index contributed by atoms with van der Waals surface area (Å²) in [6, 6.07) is 5.65. The molecule has 2 rings (SSSR count). The molecule has 1 aromatic heterocycles. The maximum Gasteiger partial charge on any atom is 0.272 e. The lowest BCUT2D eigenvalue weighted by Crippen LogP contribution is -2.46. The number of aromatic nitrogens is 1. The number of aliphatic hydroxyl groups is 1. The summed E-state index contributed by atoms with van der Waals surface area (Å²) < 4.78 is 5.96. The Morgan fingerprint density at radius 3 is 2.50 bits per heavy atom. The average molecular weight is 401 g/mol.